The van der Waals surface area contributed by atoms with Crippen molar-refractivity contribution < 1.29 is 0 Å². The molecular weight excluding hydrogens is 228 g/mol. The second kappa shape index (κ2) is 5.49. The third-order valence-corrected chi connectivity index (χ3v) is 4.46. The van der Waals surface area contributed by atoms with E-state index in [0.29, 0.717) is 5.41 Å². The van der Waals surface area contributed by atoms with Crippen LogP contribution in [0.25, 0.3) is 0 Å². The SMILES string of the molecule is CCCC(C)(CNC1CC1)Cc1nc(C)cs1. The predicted molar refractivity (Wildman–Crippen MR) is 74.6 cm³/mol. The first kappa shape index (κ1) is 13.0. The summed E-state index contributed by atoms with van der Waals surface area (Å²) in [4.78, 5) is 4.61. The maximum Gasteiger partial charge on any atom is 0.0934 e. The fourth-order valence-corrected chi connectivity index (χ4v) is 3.36. The van der Waals surface area contributed by atoms with Gasteiger partial charge < -0.3 is 5.32 Å². The number of nitrogens with zero attached hydrogens (tertiary/aromatic N) is 1. The van der Waals surface area contributed by atoms with E-state index in [1.165, 1.54) is 36.4 Å². The Morgan fingerprint density at radius 3 is 2.82 bits per heavy atom. The van der Waals surface area contributed by atoms with Crippen molar-refractivity contribution in [2.45, 2.75) is 58.9 Å². The lowest BCUT2D eigenvalue weighted by Gasteiger charge is -2.29. The first-order chi connectivity index (χ1) is 8.11. The maximum atomic E-state index is 4.61. The van der Waals surface area contributed by atoms with Crippen LogP contribution in [-0.4, -0.2) is 17.6 Å². The van der Waals surface area contributed by atoms with Crippen LogP contribution in [0.5, 0.6) is 0 Å². The minimum atomic E-state index is 0.377. The van der Waals surface area contributed by atoms with Crippen molar-refractivity contribution in [3.8, 4) is 0 Å². The van der Waals surface area contributed by atoms with Gasteiger partial charge in [0.15, 0.2) is 0 Å². The molecule has 0 amide bonds. The Hall–Kier alpha value is -0.410. The highest BCUT2D eigenvalue weighted by Crippen LogP contribution is 2.30. The molecule has 1 unspecified atom stereocenters. The largest absolute Gasteiger partial charge is 0.313 e. The van der Waals surface area contributed by atoms with E-state index >= 15 is 0 Å². The molecule has 1 aromatic rings. The van der Waals surface area contributed by atoms with Crippen molar-refractivity contribution in [1.82, 2.24) is 10.3 Å². The summed E-state index contributed by atoms with van der Waals surface area (Å²) in [6, 6.07) is 0.809. The summed E-state index contributed by atoms with van der Waals surface area (Å²) < 4.78 is 0. The van der Waals surface area contributed by atoms with E-state index in [4.69, 9.17) is 0 Å². The summed E-state index contributed by atoms with van der Waals surface area (Å²) in [5, 5.41) is 7.15. The summed E-state index contributed by atoms with van der Waals surface area (Å²) in [7, 11) is 0. The highest BCUT2D eigenvalue weighted by molar-refractivity contribution is 7.09. The van der Waals surface area contributed by atoms with Crippen LogP contribution in [-0.2, 0) is 6.42 Å². The Morgan fingerprint density at radius 2 is 2.29 bits per heavy atom. The van der Waals surface area contributed by atoms with Crippen molar-refractivity contribution in [2.75, 3.05) is 6.54 Å². The summed E-state index contributed by atoms with van der Waals surface area (Å²) in [6.07, 6.45) is 6.41. The fraction of sp³-hybridized carbons (Fsp3) is 0.786. The standard InChI is InChI=1S/C14H24N2S/c1-4-7-14(3,10-15-12-5-6-12)8-13-16-11(2)9-17-13/h9,12,15H,4-8,10H2,1-3H3. The smallest absolute Gasteiger partial charge is 0.0934 e. The minimum Gasteiger partial charge on any atom is -0.313 e. The summed E-state index contributed by atoms with van der Waals surface area (Å²) in [5.74, 6) is 0. The third kappa shape index (κ3) is 4.07. The Balaban J connectivity index is 1.93. The molecule has 1 atom stereocenters. The van der Waals surface area contributed by atoms with Crippen LogP contribution in [0.15, 0.2) is 5.38 Å². The maximum absolute atomic E-state index is 4.61. The van der Waals surface area contributed by atoms with Crippen LogP contribution in [0.4, 0.5) is 0 Å². The van der Waals surface area contributed by atoms with Crippen molar-refractivity contribution in [3.63, 3.8) is 0 Å². The third-order valence-electron chi connectivity index (χ3n) is 3.49. The molecule has 1 heterocycles. The van der Waals surface area contributed by atoms with Gasteiger partial charge in [0, 0.05) is 30.1 Å². The van der Waals surface area contributed by atoms with Gasteiger partial charge in [0.25, 0.3) is 0 Å². The number of thiazole rings is 1. The van der Waals surface area contributed by atoms with Crippen LogP contribution in [0.3, 0.4) is 0 Å². The molecule has 0 aromatic carbocycles. The van der Waals surface area contributed by atoms with Crippen LogP contribution in [0.1, 0.15) is 50.2 Å². The van der Waals surface area contributed by atoms with Crippen molar-refractivity contribution in [1.29, 1.82) is 0 Å². The fourth-order valence-electron chi connectivity index (χ4n) is 2.37. The Kier molecular flexibility index (Phi) is 4.21. The average molecular weight is 252 g/mol. The van der Waals surface area contributed by atoms with Crippen molar-refractivity contribution in [3.05, 3.63) is 16.1 Å². The van der Waals surface area contributed by atoms with Gasteiger partial charge in [-0.2, -0.15) is 0 Å². The normalized spacial score (nSPS) is 19.2. The summed E-state index contributed by atoms with van der Waals surface area (Å²) in [5.41, 5.74) is 1.54. The van der Waals surface area contributed by atoms with Gasteiger partial charge >= 0.3 is 0 Å². The zero-order valence-electron chi connectivity index (χ0n) is 11.3. The lowest BCUT2D eigenvalue weighted by atomic mass is 9.82. The topological polar surface area (TPSA) is 24.9 Å². The lowest BCUT2D eigenvalue weighted by Crippen LogP contribution is -2.34. The monoisotopic (exact) mass is 252 g/mol. The molecule has 0 aliphatic heterocycles. The molecule has 1 N–H and O–H groups in total. The molecule has 1 saturated carbocycles. The van der Waals surface area contributed by atoms with Crippen LogP contribution in [0.2, 0.25) is 0 Å². The first-order valence-electron chi connectivity index (χ1n) is 6.76. The summed E-state index contributed by atoms with van der Waals surface area (Å²) >= 11 is 1.81. The number of aromatic nitrogens is 1. The van der Waals surface area contributed by atoms with E-state index < -0.39 is 0 Å². The molecule has 1 aliphatic carbocycles. The van der Waals surface area contributed by atoms with E-state index in [0.717, 1.165) is 19.0 Å². The summed E-state index contributed by atoms with van der Waals surface area (Å²) in [6.45, 7) is 7.91. The molecule has 96 valence electrons. The van der Waals surface area contributed by atoms with E-state index in [-0.39, 0.29) is 0 Å². The lowest BCUT2D eigenvalue weighted by molar-refractivity contribution is 0.274. The predicted octanol–water partition coefficient (Wildman–Crippen LogP) is 3.55. The second-order valence-corrected chi connectivity index (χ2v) is 6.72. The van der Waals surface area contributed by atoms with E-state index in [1.54, 1.807) is 0 Å². The number of aryl methyl sites for hydroxylation is 1. The average Bonchev–Trinajstić information content (AvgIpc) is 3.01. The number of hydrogen-bond donors (Lipinski definition) is 1. The van der Waals surface area contributed by atoms with Gasteiger partial charge in [0.2, 0.25) is 0 Å². The van der Waals surface area contributed by atoms with E-state index in [2.05, 4.69) is 36.5 Å². The molecular formula is C14H24N2S. The zero-order chi connectivity index (χ0) is 12.3. The highest BCUT2D eigenvalue weighted by Gasteiger charge is 2.29. The molecule has 0 spiro atoms. The highest BCUT2D eigenvalue weighted by atomic mass is 32.1. The Morgan fingerprint density at radius 1 is 1.53 bits per heavy atom. The molecule has 2 nitrogen and oxygen atoms in total. The molecule has 2 rings (SSSR count). The van der Waals surface area contributed by atoms with E-state index in [1.807, 2.05) is 11.3 Å². The van der Waals surface area contributed by atoms with Gasteiger partial charge in [0.1, 0.15) is 0 Å². The van der Waals surface area contributed by atoms with E-state index in [9.17, 15) is 0 Å². The van der Waals surface area contributed by atoms with Gasteiger partial charge in [-0.05, 0) is 31.6 Å². The molecule has 0 saturated heterocycles. The first-order valence-corrected chi connectivity index (χ1v) is 7.64. The number of rotatable bonds is 7. The van der Waals surface area contributed by atoms with Gasteiger partial charge in [-0.25, -0.2) is 4.98 Å². The van der Waals surface area contributed by atoms with Gasteiger partial charge in [-0.15, -0.1) is 11.3 Å². The number of hydrogen-bond acceptors (Lipinski definition) is 3. The molecule has 1 aromatic heterocycles. The van der Waals surface area contributed by atoms with Crippen LogP contribution in [0, 0.1) is 12.3 Å². The second-order valence-electron chi connectivity index (χ2n) is 5.78. The van der Waals surface area contributed by atoms with Gasteiger partial charge in [-0.1, -0.05) is 20.3 Å². The minimum absolute atomic E-state index is 0.377. The zero-order valence-corrected chi connectivity index (χ0v) is 12.1. The molecule has 17 heavy (non-hydrogen) atoms. The van der Waals surface area contributed by atoms with Crippen LogP contribution < -0.4 is 5.32 Å². The molecule has 0 radical (unpaired) electrons. The molecule has 3 heteroatoms. The molecule has 1 fully saturated rings. The van der Waals surface area contributed by atoms with Crippen molar-refractivity contribution in [2.24, 2.45) is 5.41 Å². The quantitative estimate of drug-likeness (QED) is 0.802. The van der Waals surface area contributed by atoms with Gasteiger partial charge in [0.05, 0.1) is 5.01 Å². The molecule has 0 bridgehead atoms. The van der Waals surface area contributed by atoms with Crippen LogP contribution >= 0.6 is 11.3 Å². The van der Waals surface area contributed by atoms with Gasteiger partial charge in [-0.3, -0.25) is 0 Å². The Bertz CT molecular complexity index is 357. The Labute approximate surface area is 109 Å². The molecule has 1 aliphatic rings. The van der Waals surface area contributed by atoms with Crippen molar-refractivity contribution >= 4 is 11.3 Å². The number of nitrogens with one attached hydrogen (secondary N) is 1.